The van der Waals surface area contributed by atoms with Gasteiger partial charge >= 0.3 is 0 Å². The Labute approximate surface area is 83.2 Å². The van der Waals surface area contributed by atoms with Crippen LogP contribution in [-0.2, 0) is 6.67 Å². The smallest absolute Gasteiger partial charge is 0.132 e. The molecule has 76 valence electrons. The molecule has 0 spiro atoms. The van der Waals surface area contributed by atoms with Crippen LogP contribution in [0.15, 0.2) is 18.5 Å². The second kappa shape index (κ2) is 4.74. The largest absolute Gasteiger partial charge is 0.361 e. The Morgan fingerprint density at radius 1 is 1.43 bits per heavy atom. The fraction of sp³-hybridized carbons (Fsp3) is 0.364. The molecule has 0 aliphatic rings. The molecule has 2 rings (SSSR count). The van der Waals surface area contributed by atoms with Crippen LogP contribution in [0, 0.1) is 6.92 Å². The van der Waals surface area contributed by atoms with E-state index in [0.29, 0.717) is 5.69 Å². The monoisotopic (exact) mass is 194 g/mol. The zero-order chi connectivity index (χ0) is 10.6. The minimum Gasteiger partial charge on any atom is -0.361 e. The van der Waals surface area contributed by atoms with Crippen LogP contribution in [-0.4, -0.2) is 9.97 Å². The highest BCUT2D eigenvalue weighted by Gasteiger charge is 2.05. The molecular formula is C11H15FN2. The van der Waals surface area contributed by atoms with E-state index in [9.17, 15) is 4.39 Å². The molecule has 2 aromatic rings. The van der Waals surface area contributed by atoms with Gasteiger partial charge in [0.2, 0.25) is 0 Å². The Hall–Kier alpha value is -1.38. The van der Waals surface area contributed by atoms with E-state index < -0.39 is 6.67 Å². The first-order chi connectivity index (χ1) is 6.83. The Morgan fingerprint density at radius 2 is 2.14 bits per heavy atom. The van der Waals surface area contributed by atoms with Crippen molar-refractivity contribution in [2.45, 2.75) is 27.4 Å². The maximum absolute atomic E-state index is 12.4. The average Bonchev–Trinajstić information content (AvgIpc) is 2.64. The number of aryl methyl sites for hydroxylation is 1. The van der Waals surface area contributed by atoms with Gasteiger partial charge in [-0.15, -0.1) is 0 Å². The minimum atomic E-state index is -0.504. The lowest BCUT2D eigenvalue weighted by molar-refractivity contribution is 0.479. The standard InChI is InChI=1S/C9H9FN2.C2H6/c1-6-5-12-7-2-3-11-8(4-10)9(6)7;1-2/h2-3,5,12H,4H2,1H3;1-2H3. The molecule has 3 heteroatoms. The Bertz CT molecular complexity index is 407. The first kappa shape index (κ1) is 10.7. The fourth-order valence-electron chi connectivity index (χ4n) is 1.42. The number of alkyl halides is 1. The maximum Gasteiger partial charge on any atom is 0.132 e. The molecule has 0 aliphatic carbocycles. The van der Waals surface area contributed by atoms with E-state index in [4.69, 9.17) is 0 Å². The van der Waals surface area contributed by atoms with Crippen LogP contribution >= 0.6 is 0 Å². The van der Waals surface area contributed by atoms with E-state index in [1.807, 2.05) is 33.0 Å². The van der Waals surface area contributed by atoms with Crippen LogP contribution in [0.1, 0.15) is 25.1 Å². The van der Waals surface area contributed by atoms with Crippen molar-refractivity contribution >= 4 is 10.9 Å². The molecule has 0 aliphatic heterocycles. The fourth-order valence-corrected chi connectivity index (χ4v) is 1.42. The lowest BCUT2D eigenvalue weighted by Crippen LogP contribution is -1.86. The highest BCUT2D eigenvalue weighted by molar-refractivity contribution is 5.84. The summed E-state index contributed by atoms with van der Waals surface area (Å²) in [5.41, 5.74) is 2.52. The summed E-state index contributed by atoms with van der Waals surface area (Å²) in [5, 5.41) is 0.917. The molecule has 2 aromatic heterocycles. The van der Waals surface area contributed by atoms with Gasteiger partial charge in [0, 0.05) is 23.3 Å². The number of nitrogens with zero attached hydrogens (tertiary/aromatic N) is 1. The van der Waals surface area contributed by atoms with Gasteiger partial charge in [-0.05, 0) is 18.6 Å². The van der Waals surface area contributed by atoms with E-state index in [0.717, 1.165) is 16.5 Å². The molecular weight excluding hydrogens is 179 g/mol. The number of pyridine rings is 1. The third kappa shape index (κ3) is 1.76. The molecule has 0 radical (unpaired) electrons. The van der Waals surface area contributed by atoms with Crippen molar-refractivity contribution in [2.75, 3.05) is 0 Å². The molecule has 0 amide bonds. The van der Waals surface area contributed by atoms with Gasteiger partial charge in [-0.3, -0.25) is 4.98 Å². The van der Waals surface area contributed by atoms with E-state index in [2.05, 4.69) is 9.97 Å². The van der Waals surface area contributed by atoms with Crippen molar-refractivity contribution in [3.8, 4) is 0 Å². The highest BCUT2D eigenvalue weighted by atomic mass is 19.1. The Morgan fingerprint density at radius 3 is 2.79 bits per heavy atom. The van der Waals surface area contributed by atoms with Gasteiger partial charge in [0.1, 0.15) is 6.67 Å². The molecule has 0 saturated carbocycles. The highest BCUT2D eigenvalue weighted by Crippen LogP contribution is 2.20. The lowest BCUT2D eigenvalue weighted by Gasteiger charge is -1.96. The summed E-state index contributed by atoms with van der Waals surface area (Å²) in [6.45, 7) is 5.44. The predicted octanol–water partition coefficient (Wildman–Crippen LogP) is 3.37. The number of halogens is 1. The number of aromatic amines is 1. The van der Waals surface area contributed by atoms with Gasteiger partial charge in [-0.2, -0.15) is 0 Å². The van der Waals surface area contributed by atoms with E-state index in [1.165, 1.54) is 0 Å². The quantitative estimate of drug-likeness (QED) is 0.740. The summed E-state index contributed by atoms with van der Waals surface area (Å²) in [7, 11) is 0. The van der Waals surface area contributed by atoms with Gasteiger partial charge in [-0.25, -0.2) is 4.39 Å². The van der Waals surface area contributed by atoms with Crippen molar-refractivity contribution in [1.29, 1.82) is 0 Å². The van der Waals surface area contributed by atoms with E-state index >= 15 is 0 Å². The molecule has 0 atom stereocenters. The normalized spacial score (nSPS) is 9.71. The van der Waals surface area contributed by atoms with Crippen LogP contribution in [0.3, 0.4) is 0 Å². The van der Waals surface area contributed by atoms with Gasteiger partial charge in [0.15, 0.2) is 0 Å². The lowest BCUT2D eigenvalue weighted by atomic mass is 10.2. The zero-order valence-electron chi connectivity index (χ0n) is 8.76. The second-order valence-corrected chi connectivity index (χ2v) is 2.79. The second-order valence-electron chi connectivity index (χ2n) is 2.79. The maximum atomic E-state index is 12.4. The third-order valence-corrected chi connectivity index (χ3v) is 1.99. The number of hydrogen-bond donors (Lipinski definition) is 1. The number of hydrogen-bond acceptors (Lipinski definition) is 1. The van der Waals surface area contributed by atoms with Crippen LogP contribution < -0.4 is 0 Å². The summed E-state index contributed by atoms with van der Waals surface area (Å²) in [4.78, 5) is 7.02. The molecule has 0 unspecified atom stereocenters. The summed E-state index contributed by atoms with van der Waals surface area (Å²) >= 11 is 0. The summed E-state index contributed by atoms with van der Waals surface area (Å²) < 4.78 is 12.4. The van der Waals surface area contributed by atoms with Crippen molar-refractivity contribution in [3.05, 3.63) is 29.7 Å². The number of rotatable bonds is 1. The average molecular weight is 194 g/mol. The predicted molar refractivity (Wildman–Crippen MR) is 57.0 cm³/mol. The number of H-pyrrole nitrogens is 1. The molecule has 14 heavy (non-hydrogen) atoms. The van der Waals surface area contributed by atoms with Crippen molar-refractivity contribution < 1.29 is 4.39 Å². The van der Waals surface area contributed by atoms with Crippen LogP contribution in [0.2, 0.25) is 0 Å². The Balaban J connectivity index is 0.000000461. The molecule has 1 N–H and O–H groups in total. The molecule has 0 fully saturated rings. The molecule has 2 nitrogen and oxygen atoms in total. The number of fused-ring (bicyclic) bond motifs is 1. The van der Waals surface area contributed by atoms with Crippen LogP contribution in [0.4, 0.5) is 4.39 Å². The van der Waals surface area contributed by atoms with Gasteiger partial charge in [0.25, 0.3) is 0 Å². The number of aromatic nitrogens is 2. The Kier molecular flexibility index (Phi) is 3.63. The molecule has 2 heterocycles. The van der Waals surface area contributed by atoms with Gasteiger partial charge < -0.3 is 4.98 Å². The summed E-state index contributed by atoms with van der Waals surface area (Å²) in [6, 6.07) is 1.85. The van der Waals surface area contributed by atoms with Crippen molar-refractivity contribution in [2.24, 2.45) is 0 Å². The summed E-state index contributed by atoms with van der Waals surface area (Å²) in [6.07, 6.45) is 3.48. The summed E-state index contributed by atoms with van der Waals surface area (Å²) in [5.74, 6) is 0. The SMILES string of the molecule is CC.Cc1c[nH]c2ccnc(CF)c12. The van der Waals surface area contributed by atoms with E-state index in [1.54, 1.807) is 6.20 Å². The minimum absolute atomic E-state index is 0.504. The first-order valence-electron chi connectivity index (χ1n) is 4.80. The molecule has 0 aromatic carbocycles. The molecule has 0 bridgehead atoms. The third-order valence-electron chi connectivity index (χ3n) is 1.99. The zero-order valence-corrected chi connectivity index (χ0v) is 8.76. The van der Waals surface area contributed by atoms with Crippen LogP contribution in [0.25, 0.3) is 10.9 Å². The molecule has 0 saturated heterocycles. The van der Waals surface area contributed by atoms with E-state index in [-0.39, 0.29) is 0 Å². The number of nitrogens with one attached hydrogen (secondary N) is 1. The van der Waals surface area contributed by atoms with Crippen LogP contribution in [0.5, 0.6) is 0 Å². The first-order valence-corrected chi connectivity index (χ1v) is 4.80. The van der Waals surface area contributed by atoms with Gasteiger partial charge in [-0.1, -0.05) is 13.8 Å². The van der Waals surface area contributed by atoms with Crippen molar-refractivity contribution in [1.82, 2.24) is 9.97 Å². The van der Waals surface area contributed by atoms with Gasteiger partial charge in [0.05, 0.1) is 5.69 Å². The topological polar surface area (TPSA) is 28.7 Å². The van der Waals surface area contributed by atoms with Crippen molar-refractivity contribution in [3.63, 3.8) is 0 Å².